The van der Waals surface area contributed by atoms with Gasteiger partial charge in [0.15, 0.2) is 5.78 Å². The van der Waals surface area contributed by atoms with E-state index in [0.717, 1.165) is 61.0 Å². The summed E-state index contributed by atoms with van der Waals surface area (Å²) in [6.45, 7) is 19.4. The van der Waals surface area contributed by atoms with Gasteiger partial charge in [-0.3, -0.25) is 24.0 Å². The number of carboxylic acid groups (broad SMARTS) is 1. The molecule has 4 fully saturated rings. The number of ether oxygens (including phenoxy) is 1. The molecule has 2 N–H and O–H groups in total. The molecule has 1 aromatic heterocycles. The van der Waals surface area contributed by atoms with E-state index in [4.69, 9.17) is 4.74 Å². The minimum atomic E-state index is -1.18. The van der Waals surface area contributed by atoms with Gasteiger partial charge in [0.25, 0.3) is 5.91 Å². The van der Waals surface area contributed by atoms with Crippen LogP contribution in [0.2, 0.25) is 0 Å². The molecule has 9 heteroatoms. The van der Waals surface area contributed by atoms with Gasteiger partial charge in [-0.25, -0.2) is 0 Å². The van der Waals surface area contributed by atoms with Crippen LogP contribution in [0.5, 0.6) is 0 Å². The van der Waals surface area contributed by atoms with Gasteiger partial charge in [-0.05, 0) is 128 Å². The first-order valence-electron chi connectivity index (χ1n) is 19.2. The van der Waals surface area contributed by atoms with E-state index in [2.05, 4.69) is 53.8 Å². The first-order valence-corrected chi connectivity index (χ1v) is 20.1. The molecule has 0 saturated heterocycles. The van der Waals surface area contributed by atoms with Crippen LogP contribution >= 0.6 is 11.3 Å². The second-order valence-corrected chi connectivity index (χ2v) is 20.1. The molecule has 280 valence electrons. The fourth-order valence-electron chi connectivity index (χ4n) is 12.6. The zero-order valence-corrected chi connectivity index (χ0v) is 33.0. The highest BCUT2D eigenvalue weighted by molar-refractivity contribution is 7.09. The quantitative estimate of drug-likeness (QED) is 0.194. The van der Waals surface area contributed by atoms with Crippen molar-refractivity contribution in [1.29, 1.82) is 0 Å². The number of Topliss-reactive ketones (excluding diaryl/α,β-unsaturated/α-hetero) is 2. The third-order valence-electron chi connectivity index (χ3n) is 15.5. The number of rotatable bonds is 9. The van der Waals surface area contributed by atoms with E-state index in [1.165, 1.54) is 0 Å². The Labute approximate surface area is 307 Å². The second kappa shape index (κ2) is 12.7. The maximum Gasteiger partial charge on any atom is 0.309 e. The average molecular weight is 722 g/mol. The molecule has 0 spiro atoms. The van der Waals surface area contributed by atoms with Gasteiger partial charge < -0.3 is 15.2 Å². The summed E-state index contributed by atoms with van der Waals surface area (Å²) in [5.41, 5.74) is -0.965. The van der Waals surface area contributed by atoms with Crippen LogP contribution in [0.1, 0.15) is 131 Å². The van der Waals surface area contributed by atoms with Crippen LogP contribution in [0.4, 0.5) is 0 Å². The number of esters is 1. The second-order valence-electron chi connectivity index (χ2n) is 19.1. The van der Waals surface area contributed by atoms with Crippen LogP contribution in [0.25, 0.3) is 0 Å². The lowest BCUT2D eigenvalue weighted by Gasteiger charge is -2.72. The smallest absolute Gasteiger partial charge is 0.309 e. The van der Waals surface area contributed by atoms with E-state index < -0.39 is 34.5 Å². The van der Waals surface area contributed by atoms with Crippen molar-refractivity contribution in [3.63, 3.8) is 0 Å². The number of hydrogen-bond donors (Lipinski definition) is 2. The number of amides is 1. The number of carbonyl (C=O) groups excluding carboxylic acids is 4. The van der Waals surface area contributed by atoms with Crippen LogP contribution in [-0.2, 0) is 35.3 Å². The maximum atomic E-state index is 14.4. The molecule has 0 aliphatic heterocycles. The Morgan fingerprint density at radius 1 is 0.961 bits per heavy atom. The lowest BCUT2D eigenvalue weighted by atomic mass is 9.33. The van der Waals surface area contributed by atoms with E-state index in [9.17, 15) is 29.1 Å². The molecule has 6 rings (SSSR count). The highest BCUT2D eigenvalue weighted by Crippen LogP contribution is 2.76. The summed E-state index contributed by atoms with van der Waals surface area (Å²) in [6.07, 6.45) is 6.48. The highest BCUT2D eigenvalue weighted by atomic mass is 32.1. The Bertz CT molecular complexity index is 1660. The van der Waals surface area contributed by atoms with E-state index >= 15 is 0 Å². The summed E-state index contributed by atoms with van der Waals surface area (Å²) in [5.74, 6) is -1.70. The SMILES string of the molecule is CC(C)C1=C2C3CC[C@@H]4C5(C)CC[C@H](OC(=O)CC(C)(C)C(=O)O)C(C)(C)C5CC[C@@]4(C)[C@]3(C)CCC2(C(=O)C(=O)NCc2cccs2)CC1=O. The number of thiophene rings is 1. The third-order valence-corrected chi connectivity index (χ3v) is 16.3. The minimum Gasteiger partial charge on any atom is -0.481 e. The number of hydrogen-bond acceptors (Lipinski definition) is 7. The number of carbonyl (C=O) groups is 5. The van der Waals surface area contributed by atoms with Crippen LogP contribution < -0.4 is 5.32 Å². The van der Waals surface area contributed by atoms with E-state index in [-0.39, 0.29) is 58.2 Å². The van der Waals surface area contributed by atoms with Gasteiger partial charge in [-0.2, -0.15) is 0 Å². The topological polar surface area (TPSA) is 127 Å². The monoisotopic (exact) mass is 721 g/mol. The van der Waals surface area contributed by atoms with Gasteiger partial charge in [0, 0.05) is 16.7 Å². The van der Waals surface area contributed by atoms with E-state index in [0.29, 0.717) is 24.8 Å². The molecule has 4 unspecified atom stereocenters. The van der Waals surface area contributed by atoms with Crippen molar-refractivity contribution in [2.45, 2.75) is 139 Å². The number of aliphatic carboxylic acids is 1. The van der Waals surface area contributed by atoms with Gasteiger partial charge in [0.05, 0.1) is 23.8 Å². The van der Waals surface area contributed by atoms with Crippen molar-refractivity contribution in [2.24, 2.45) is 56.2 Å². The normalized spacial score (nSPS) is 37.2. The Morgan fingerprint density at radius 2 is 1.67 bits per heavy atom. The van der Waals surface area contributed by atoms with E-state index in [1.807, 2.05) is 17.5 Å². The summed E-state index contributed by atoms with van der Waals surface area (Å²) < 4.78 is 6.13. The summed E-state index contributed by atoms with van der Waals surface area (Å²) in [5, 5.41) is 14.4. The Hall–Kier alpha value is -2.81. The number of fused-ring (bicyclic) bond motifs is 7. The minimum absolute atomic E-state index is 0.000507. The maximum absolute atomic E-state index is 14.4. The van der Waals surface area contributed by atoms with Crippen LogP contribution in [0.15, 0.2) is 28.7 Å². The third kappa shape index (κ3) is 5.69. The zero-order valence-electron chi connectivity index (χ0n) is 32.2. The first kappa shape index (κ1) is 37.9. The molecule has 8 nitrogen and oxygen atoms in total. The van der Waals surface area contributed by atoms with E-state index in [1.54, 1.807) is 25.2 Å². The van der Waals surface area contributed by atoms with Crippen LogP contribution in [-0.4, -0.2) is 40.6 Å². The summed E-state index contributed by atoms with van der Waals surface area (Å²) in [4.78, 5) is 67.7. The van der Waals surface area contributed by atoms with Gasteiger partial charge in [0.1, 0.15) is 6.10 Å². The predicted molar refractivity (Wildman–Crippen MR) is 197 cm³/mol. The predicted octanol–water partition coefficient (Wildman–Crippen LogP) is 8.33. The highest BCUT2D eigenvalue weighted by Gasteiger charge is 2.71. The molecule has 1 amide bonds. The number of ketones is 2. The first-order chi connectivity index (χ1) is 23.7. The summed E-state index contributed by atoms with van der Waals surface area (Å²) >= 11 is 1.54. The number of carboxylic acids is 1. The lowest BCUT2D eigenvalue weighted by Crippen LogP contribution is -2.66. The van der Waals surface area contributed by atoms with Crippen LogP contribution in [0.3, 0.4) is 0 Å². The summed E-state index contributed by atoms with van der Waals surface area (Å²) in [7, 11) is 0. The molecule has 4 saturated carbocycles. The van der Waals surface area contributed by atoms with Crippen molar-refractivity contribution in [1.82, 2.24) is 5.32 Å². The fourth-order valence-corrected chi connectivity index (χ4v) is 13.2. The number of allylic oxidation sites excluding steroid dienone is 2. The molecule has 51 heavy (non-hydrogen) atoms. The molecule has 0 aromatic carbocycles. The summed E-state index contributed by atoms with van der Waals surface area (Å²) in [6, 6.07) is 3.87. The van der Waals surface area contributed by atoms with Crippen molar-refractivity contribution in [3.05, 3.63) is 33.5 Å². The zero-order chi connectivity index (χ0) is 37.5. The Morgan fingerprint density at radius 3 is 2.29 bits per heavy atom. The molecular weight excluding hydrogens is 663 g/mol. The van der Waals surface area contributed by atoms with Crippen molar-refractivity contribution in [2.75, 3.05) is 0 Å². The standard InChI is InChI=1S/C42H59NO7S/c1-24(2)32-27(44)21-42(34(46)35(47)43-23-25-11-10-20-51-25)19-18-40(8)26(33(32)42)12-13-29-39(7)16-15-30(50-31(45)22-37(3,4)36(48)49)38(5,6)28(39)14-17-41(29,40)9/h10-11,20,24,26,28-30H,12-19,21-23H2,1-9H3,(H,43,47)(H,48,49)/t26?,28?,29-,30+,39?,40-,41-,42?/m1/s1. The largest absolute Gasteiger partial charge is 0.481 e. The van der Waals surface area contributed by atoms with Gasteiger partial charge >= 0.3 is 11.9 Å². The Kier molecular flexibility index (Phi) is 9.41. The van der Waals surface area contributed by atoms with Gasteiger partial charge in [-0.1, -0.05) is 54.5 Å². The Balaban J connectivity index is 1.29. The van der Waals surface area contributed by atoms with Crippen molar-refractivity contribution < 1.29 is 33.8 Å². The molecule has 5 aliphatic carbocycles. The van der Waals surface area contributed by atoms with Crippen molar-refractivity contribution in [3.8, 4) is 0 Å². The van der Waals surface area contributed by atoms with Gasteiger partial charge in [-0.15, -0.1) is 11.3 Å². The molecule has 8 atom stereocenters. The lowest BCUT2D eigenvalue weighted by molar-refractivity contribution is -0.233. The molecule has 1 aromatic rings. The average Bonchev–Trinajstić information content (AvgIpc) is 3.67. The molecule has 5 aliphatic rings. The fraction of sp³-hybridized carbons (Fsp3) is 0.738. The molecule has 0 radical (unpaired) electrons. The molecule has 0 bridgehead atoms. The van der Waals surface area contributed by atoms with Crippen molar-refractivity contribution >= 4 is 40.7 Å². The molecule has 1 heterocycles. The van der Waals surface area contributed by atoms with Crippen LogP contribution in [0, 0.1) is 56.2 Å². The molecular formula is C42H59NO7S. The number of nitrogens with one attached hydrogen (secondary N) is 1. The van der Waals surface area contributed by atoms with Gasteiger partial charge in [0.2, 0.25) is 5.78 Å².